The van der Waals surface area contributed by atoms with Crippen LogP contribution in [0.25, 0.3) is 0 Å². The zero-order valence-corrected chi connectivity index (χ0v) is 9.05. The zero-order chi connectivity index (χ0) is 9.84. The molecule has 4 heteroatoms. The monoisotopic (exact) mass is 204 g/mol. The van der Waals surface area contributed by atoms with Gasteiger partial charge in [0.05, 0.1) is 0 Å². The van der Waals surface area contributed by atoms with E-state index in [4.69, 9.17) is 11.6 Å². The number of hydrogen-bond acceptors (Lipinski definition) is 2. The summed E-state index contributed by atoms with van der Waals surface area (Å²) in [5, 5.41) is -0.330. The number of piperazine rings is 1. The highest BCUT2D eigenvalue weighted by Crippen LogP contribution is 2.08. The molecule has 1 aliphatic heterocycles. The van der Waals surface area contributed by atoms with Crippen molar-refractivity contribution in [2.45, 2.75) is 18.7 Å². The topological polar surface area (TPSA) is 23.6 Å². The molecule has 0 N–H and O–H groups in total. The molecular formula is C9H17ClN2O. The average molecular weight is 205 g/mol. The predicted molar refractivity (Wildman–Crippen MR) is 54.0 cm³/mol. The smallest absolute Gasteiger partial charge is 0.240 e. The van der Waals surface area contributed by atoms with E-state index in [-0.39, 0.29) is 11.3 Å². The van der Waals surface area contributed by atoms with E-state index in [1.54, 1.807) is 0 Å². The molecule has 0 spiro atoms. The molecule has 0 aromatic rings. The third-order valence-corrected chi connectivity index (χ3v) is 2.94. The highest BCUT2D eigenvalue weighted by atomic mass is 35.5. The Hall–Kier alpha value is -0.280. The second kappa shape index (κ2) is 4.82. The van der Waals surface area contributed by atoms with Crippen molar-refractivity contribution in [3.05, 3.63) is 0 Å². The summed E-state index contributed by atoms with van der Waals surface area (Å²) in [7, 11) is 2.07. The molecule has 0 bridgehead atoms. The summed E-state index contributed by atoms with van der Waals surface area (Å²) in [6.45, 7) is 5.49. The largest absolute Gasteiger partial charge is 0.339 e. The van der Waals surface area contributed by atoms with Crippen LogP contribution in [0.2, 0.25) is 0 Å². The second-order valence-corrected chi connectivity index (χ2v) is 4.03. The fraction of sp³-hybridized carbons (Fsp3) is 0.889. The van der Waals surface area contributed by atoms with Crippen LogP contribution < -0.4 is 0 Å². The van der Waals surface area contributed by atoms with Gasteiger partial charge >= 0.3 is 0 Å². The Morgan fingerprint density at radius 3 is 2.38 bits per heavy atom. The second-order valence-electron chi connectivity index (χ2n) is 3.50. The van der Waals surface area contributed by atoms with Crippen LogP contribution in [0.5, 0.6) is 0 Å². The lowest BCUT2D eigenvalue weighted by Crippen LogP contribution is -2.49. The van der Waals surface area contributed by atoms with Crippen molar-refractivity contribution in [2.24, 2.45) is 0 Å². The van der Waals surface area contributed by atoms with Crippen molar-refractivity contribution < 1.29 is 4.79 Å². The summed E-state index contributed by atoms with van der Waals surface area (Å²) in [4.78, 5) is 15.7. The molecule has 1 aliphatic rings. The van der Waals surface area contributed by atoms with E-state index >= 15 is 0 Å². The van der Waals surface area contributed by atoms with Crippen LogP contribution in [0.1, 0.15) is 13.3 Å². The standard InChI is InChI=1S/C9H17ClN2O/c1-3-8(10)9(13)12-6-4-11(2)5-7-12/h8H,3-7H2,1-2H3. The molecule has 76 valence electrons. The number of carbonyl (C=O) groups excluding carboxylic acids is 1. The number of halogens is 1. The van der Waals surface area contributed by atoms with E-state index in [9.17, 15) is 4.79 Å². The van der Waals surface area contributed by atoms with E-state index in [0.29, 0.717) is 6.42 Å². The minimum absolute atomic E-state index is 0.0947. The number of amides is 1. The quantitative estimate of drug-likeness (QED) is 0.621. The minimum atomic E-state index is -0.330. The molecule has 0 aliphatic carbocycles. The van der Waals surface area contributed by atoms with Crippen molar-refractivity contribution in [3.63, 3.8) is 0 Å². The Balaban J connectivity index is 2.40. The Morgan fingerprint density at radius 1 is 1.38 bits per heavy atom. The molecule has 0 aromatic heterocycles. The Labute approximate surface area is 84.6 Å². The van der Waals surface area contributed by atoms with Crippen molar-refractivity contribution in [1.29, 1.82) is 0 Å². The van der Waals surface area contributed by atoms with Crippen LogP contribution in [0.4, 0.5) is 0 Å². The lowest BCUT2D eigenvalue weighted by Gasteiger charge is -2.33. The fourth-order valence-electron chi connectivity index (χ4n) is 1.40. The number of rotatable bonds is 2. The van der Waals surface area contributed by atoms with Gasteiger partial charge in [-0.3, -0.25) is 4.79 Å². The van der Waals surface area contributed by atoms with Crippen LogP contribution >= 0.6 is 11.6 Å². The molecule has 3 nitrogen and oxygen atoms in total. The summed E-state index contributed by atoms with van der Waals surface area (Å²) < 4.78 is 0. The zero-order valence-electron chi connectivity index (χ0n) is 8.29. The number of nitrogens with zero attached hydrogens (tertiary/aromatic N) is 2. The molecule has 0 aromatic carbocycles. The normalized spacial score (nSPS) is 21.6. The highest BCUT2D eigenvalue weighted by molar-refractivity contribution is 6.30. The van der Waals surface area contributed by atoms with Crippen LogP contribution in [0, 0.1) is 0 Å². The molecule has 1 heterocycles. The first kappa shape index (κ1) is 10.8. The molecule has 0 saturated carbocycles. The van der Waals surface area contributed by atoms with Gasteiger partial charge in [-0.2, -0.15) is 0 Å². The van der Waals surface area contributed by atoms with Gasteiger partial charge in [0.2, 0.25) is 5.91 Å². The van der Waals surface area contributed by atoms with E-state index in [0.717, 1.165) is 26.2 Å². The Morgan fingerprint density at radius 2 is 1.92 bits per heavy atom. The summed E-state index contributed by atoms with van der Waals surface area (Å²) in [5.41, 5.74) is 0. The lowest BCUT2D eigenvalue weighted by atomic mass is 10.2. The summed E-state index contributed by atoms with van der Waals surface area (Å²) in [6.07, 6.45) is 0.715. The van der Waals surface area contributed by atoms with Crippen LogP contribution in [0.3, 0.4) is 0 Å². The Kier molecular flexibility index (Phi) is 4.00. The van der Waals surface area contributed by atoms with Crippen LogP contribution in [-0.4, -0.2) is 54.3 Å². The SMILES string of the molecule is CCC(Cl)C(=O)N1CCN(C)CC1. The maximum atomic E-state index is 11.6. The number of carbonyl (C=O) groups is 1. The first-order valence-corrected chi connectivity index (χ1v) is 5.20. The molecule has 1 fully saturated rings. The van der Waals surface area contributed by atoms with Crippen molar-refractivity contribution in [1.82, 2.24) is 9.80 Å². The third kappa shape index (κ3) is 2.85. The maximum absolute atomic E-state index is 11.6. The molecule has 13 heavy (non-hydrogen) atoms. The summed E-state index contributed by atoms with van der Waals surface area (Å²) in [6, 6.07) is 0. The molecule has 1 saturated heterocycles. The number of likely N-dealkylation sites (N-methyl/N-ethyl adjacent to an activating group) is 1. The van der Waals surface area contributed by atoms with E-state index in [1.807, 2.05) is 11.8 Å². The van der Waals surface area contributed by atoms with Gasteiger partial charge in [0, 0.05) is 26.2 Å². The summed E-state index contributed by atoms with van der Waals surface area (Å²) >= 11 is 5.88. The van der Waals surface area contributed by atoms with Gasteiger partial charge in [-0.05, 0) is 13.5 Å². The Bertz CT molecular complexity index is 178. The van der Waals surface area contributed by atoms with Crippen LogP contribution in [-0.2, 0) is 4.79 Å². The van der Waals surface area contributed by atoms with Crippen LogP contribution in [0.15, 0.2) is 0 Å². The first-order chi connectivity index (χ1) is 6.15. The van der Waals surface area contributed by atoms with Crippen molar-refractivity contribution in [2.75, 3.05) is 33.2 Å². The lowest BCUT2D eigenvalue weighted by molar-refractivity contribution is -0.132. The molecular weight excluding hydrogens is 188 g/mol. The van der Waals surface area contributed by atoms with Gasteiger partial charge in [-0.25, -0.2) is 0 Å². The molecule has 1 atom stereocenters. The van der Waals surface area contributed by atoms with Gasteiger partial charge < -0.3 is 9.80 Å². The van der Waals surface area contributed by atoms with E-state index in [1.165, 1.54) is 0 Å². The van der Waals surface area contributed by atoms with E-state index in [2.05, 4.69) is 11.9 Å². The van der Waals surface area contributed by atoms with Gasteiger partial charge in [-0.1, -0.05) is 6.92 Å². The van der Waals surface area contributed by atoms with Crippen molar-refractivity contribution in [3.8, 4) is 0 Å². The third-order valence-electron chi connectivity index (χ3n) is 2.44. The summed E-state index contributed by atoms with van der Waals surface area (Å²) in [5.74, 6) is 0.0947. The molecule has 1 amide bonds. The molecule has 1 unspecified atom stereocenters. The molecule has 0 radical (unpaired) electrons. The van der Waals surface area contributed by atoms with Crippen molar-refractivity contribution >= 4 is 17.5 Å². The molecule has 1 rings (SSSR count). The average Bonchev–Trinajstić information content (AvgIpc) is 2.17. The van der Waals surface area contributed by atoms with Gasteiger partial charge in [0.25, 0.3) is 0 Å². The highest BCUT2D eigenvalue weighted by Gasteiger charge is 2.23. The number of alkyl halides is 1. The van der Waals surface area contributed by atoms with Gasteiger partial charge in [0.1, 0.15) is 5.38 Å². The maximum Gasteiger partial charge on any atom is 0.240 e. The van der Waals surface area contributed by atoms with Gasteiger partial charge in [-0.15, -0.1) is 11.6 Å². The predicted octanol–water partition coefficient (Wildman–Crippen LogP) is 0.778. The number of hydrogen-bond donors (Lipinski definition) is 0. The van der Waals surface area contributed by atoms with E-state index < -0.39 is 0 Å². The fourth-order valence-corrected chi connectivity index (χ4v) is 1.54. The first-order valence-electron chi connectivity index (χ1n) is 4.76. The minimum Gasteiger partial charge on any atom is -0.339 e. The van der Waals surface area contributed by atoms with Gasteiger partial charge in [0.15, 0.2) is 0 Å².